The molecule has 1 heterocycles. The Morgan fingerprint density at radius 3 is 2.75 bits per heavy atom. The lowest BCUT2D eigenvalue weighted by atomic mass is 9.99. The number of hydrogen-bond acceptors (Lipinski definition) is 3. The van der Waals surface area contributed by atoms with Gasteiger partial charge in [0, 0.05) is 12.1 Å². The highest BCUT2D eigenvalue weighted by Gasteiger charge is 2.26. The van der Waals surface area contributed by atoms with E-state index in [0.717, 1.165) is 41.2 Å². The first-order chi connectivity index (χ1) is 11.7. The Labute approximate surface area is 143 Å². The minimum absolute atomic E-state index is 0.00611. The molecule has 0 radical (unpaired) electrons. The lowest BCUT2D eigenvalue weighted by molar-refractivity contribution is 0.0984. The van der Waals surface area contributed by atoms with Gasteiger partial charge in [-0.3, -0.25) is 4.79 Å². The van der Waals surface area contributed by atoms with E-state index in [1.807, 2.05) is 49.1 Å². The zero-order valence-corrected chi connectivity index (χ0v) is 14.5. The van der Waals surface area contributed by atoms with Crippen molar-refractivity contribution in [1.29, 1.82) is 0 Å². The molecule has 0 aromatic heterocycles. The number of aryl methyl sites for hydroxylation is 2. The number of carbonyl (C=O) groups is 1. The summed E-state index contributed by atoms with van der Waals surface area (Å²) >= 11 is 0. The summed E-state index contributed by atoms with van der Waals surface area (Å²) in [6, 6.07) is 11.6. The number of amides is 1. The van der Waals surface area contributed by atoms with Gasteiger partial charge in [-0.2, -0.15) is 0 Å². The Morgan fingerprint density at radius 2 is 2.04 bits per heavy atom. The third kappa shape index (κ3) is 2.96. The van der Waals surface area contributed by atoms with Crippen molar-refractivity contribution in [1.82, 2.24) is 0 Å². The number of para-hydroxylation sites is 1. The average Bonchev–Trinajstić information content (AvgIpc) is 2.62. The molecule has 0 saturated heterocycles. The fourth-order valence-corrected chi connectivity index (χ4v) is 3.24. The largest absolute Gasteiger partial charge is 0.495 e. The molecule has 1 aliphatic heterocycles. The number of nitrogens with zero attached hydrogens (tertiary/aromatic N) is 1. The molecular formula is C20H23NO3. The van der Waals surface area contributed by atoms with Crippen LogP contribution < -0.4 is 14.4 Å². The molecule has 4 heteroatoms. The van der Waals surface area contributed by atoms with Crippen molar-refractivity contribution in [3.05, 3.63) is 53.1 Å². The Kier molecular flexibility index (Phi) is 4.74. The van der Waals surface area contributed by atoms with E-state index in [2.05, 4.69) is 6.07 Å². The Bertz CT molecular complexity index is 740. The minimum Gasteiger partial charge on any atom is -0.495 e. The quantitative estimate of drug-likeness (QED) is 0.853. The van der Waals surface area contributed by atoms with Crippen LogP contribution in [0, 0.1) is 6.92 Å². The van der Waals surface area contributed by atoms with Crippen LogP contribution in [-0.2, 0) is 6.42 Å². The molecule has 0 unspecified atom stereocenters. The van der Waals surface area contributed by atoms with E-state index in [1.165, 1.54) is 0 Å². The number of fused-ring (bicyclic) bond motifs is 1. The van der Waals surface area contributed by atoms with E-state index in [-0.39, 0.29) is 5.91 Å². The molecule has 0 atom stereocenters. The smallest absolute Gasteiger partial charge is 0.258 e. The van der Waals surface area contributed by atoms with Gasteiger partial charge in [-0.15, -0.1) is 0 Å². The third-order valence-electron chi connectivity index (χ3n) is 4.37. The molecule has 24 heavy (non-hydrogen) atoms. The lowest BCUT2D eigenvalue weighted by Crippen LogP contribution is -2.35. The van der Waals surface area contributed by atoms with Crippen LogP contribution >= 0.6 is 0 Å². The fraction of sp³-hybridized carbons (Fsp3) is 0.350. The SMILES string of the molecule is CCOc1ccc(C(=O)N2CCCc3cccc(OC)c32)cc1C. The molecule has 126 valence electrons. The summed E-state index contributed by atoms with van der Waals surface area (Å²) in [6.07, 6.45) is 1.93. The predicted molar refractivity (Wildman–Crippen MR) is 95.3 cm³/mol. The second-order valence-corrected chi connectivity index (χ2v) is 5.94. The summed E-state index contributed by atoms with van der Waals surface area (Å²) in [5.74, 6) is 1.58. The van der Waals surface area contributed by atoms with Gasteiger partial charge in [0.05, 0.1) is 19.4 Å². The van der Waals surface area contributed by atoms with Gasteiger partial charge in [0.25, 0.3) is 5.91 Å². The van der Waals surface area contributed by atoms with Crippen LogP contribution in [0.15, 0.2) is 36.4 Å². The van der Waals surface area contributed by atoms with Gasteiger partial charge in [0.15, 0.2) is 0 Å². The summed E-state index contributed by atoms with van der Waals surface area (Å²) in [6.45, 7) is 5.24. The highest BCUT2D eigenvalue weighted by Crippen LogP contribution is 2.37. The van der Waals surface area contributed by atoms with Crippen LogP contribution in [0.25, 0.3) is 0 Å². The fourth-order valence-electron chi connectivity index (χ4n) is 3.24. The maximum absolute atomic E-state index is 13.1. The van der Waals surface area contributed by atoms with Crippen LogP contribution in [-0.4, -0.2) is 26.2 Å². The number of anilines is 1. The van der Waals surface area contributed by atoms with Crippen molar-refractivity contribution < 1.29 is 14.3 Å². The molecule has 2 aromatic carbocycles. The van der Waals surface area contributed by atoms with E-state index in [4.69, 9.17) is 9.47 Å². The molecule has 3 rings (SSSR count). The van der Waals surface area contributed by atoms with Crippen molar-refractivity contribution in [3.8, 4) is 11.5 Å². The molecule has 2 aromatic rings. The van der Waals surface area contributed by atoms with Gasteiger partial charge < -0.3 is 14.4 Å². The van der Waals surface area contributed by atoms with Crippen LogP contribution in [0.1, 0.15) is 34.8 Å². The van der Waals surface area contributed by atoms with Crippen LogP contribution in [0.5, 0.6) is 11.5 Å². The maximum Gasteiger partial charge on any atom is 0.258 e. The molecule has 1 amide bonds. The van der Waals surface area contributed by atoms with Gasteiger partial charge in [-0.05, 0) is 62.1 Å². The zero-order chi connectivity index (χ0) is 17.1. The summed E-state index contributed by atoms with van der Waals surface area (Å²) in [7, 11) is 1.65. The van der Waals surface area contributed by atoms with Crippen molar-refractivity contribution in [2.45, 2.75) is 26.7 Å². The summed E-state index contributed by atoms with van der Waals surface area (Å²) in [4.78, 5) is 14.9. The Hall–Kier alpha value is -2.49. The predicted octanol–water partition coefficient (Wildman–Crippen LogP) is 4.00. The monoisotopic (exact) mass is 325 g/mol. The maximum atomic E-state index is 13.1. The van der Waals surface area contributed by atoms with E-state index in [1.54, 1.807) is 7.11 Å². The molecular weight excluding hydrogens is 302 g/mol. The number of hydrogen-bond donors (Lipinski definition) is 0. The second-order valence-electron chi connectivity index (χ2n) is 5.94. The first kappa shape index (κ1) is 16.4. The molecule has 0 fully saturated rings. The number of ether oxygens (including phenoxy) is 2. The van der Waals surface area contributed by atoms with Gasteiger partial charge in [-0.1, -0.05) is 12.1 Å². The number of methoxy groups -OCH3 is 1. The van der Waals surface area contributed by atoms with Crippen molar-refractivity contribution >= 4 is 11.6 Å². The van der Waals surface area contributed by atoms with Gasteiger partial charge in [-0.25, -0.2) is 0 Å². The van der Waals surface area contributed by atoms with E-state index >= 15 is 0 Å². The van der Waals surface area contributed by atoms with E-state index in [0.29, 0.717) is 18.7 Å². The molecule has 0 spiro atoms. The van der Waals surface area contributed by atoms with Crippen molar-refractivity contribution in [2.24, 2.45) is 0 Å². The molecule has 0 N–H and O–H groups in total. The first-order valence-electron chi connectivity index (χ1n) is 8.37. The van der Waals surface area contributed by atoms with Gasteiger partial charge in [0.1, 0.15) is 11.5 Å². The molecule has 1 aliphatic rings. The third-order valence-corrected chi connectivity index (χ3v) is 4.37. The Morgan fingerprint density at radius 1 is 1.21 bits per heavy atom. The lowest BCUT2D eigenvalue weighted by Gasteiger charge is -2.31. The molecule has 0 aliphatic carbocycles. The summed E-state index contributed by atoms with van der Waals surface area (Å²) in [5, 5.41) is 0. The zero-order valence-electron chi connectivity index (χ0n) is 14.5. The summed E-state index contributed by atoms with van der Waals surface area (Å²) < 4.78 is 11.1. The number of benzene rings is 2. The van der Waals surface area contributed by atoms with Crippen molar-refractivity contribution in [2.75, 3.05) is 25.2 Å². The topological polar surface area (TPSA) is 38.8 Å². The summed E-state index contributed by atoms with van der Waals surface area (Å²) in [5.41, 5.74) is 3.72. The average molecular weight is 325 g/mol. The highest BCUT2D eigenvalue weighted by molar-refractivity contribution is 6.07. The van der Waals surface area contributed by atoms with Crippen LogP contribution in [0.4, 0.5) is 5.69 Å². The molecule has 0 saturated carbocycles. The highest BCUT2D eigenvalue weighted by atomic mass is 16.5. The van der Waals surface area contributed by atoms with E-state index < -0.39 is 0 Å². The standard InChI is InChI=1S/C20H23NO3/c1-4-24-17-11-10-16(13-14(17)2)20(22)21-12-6-8-15-7-5-9-18(23-3)19(15)21/h5,7,9-11,13H,4,6,8,12H2,1-3H3. The van der Waals surface area contributed by atoms with Gasteiger partial charge >= 0.3 is 0 Å². The number of rotatable bonds is 4. The van der Waals surface area contributed by atoms with Crippen molar-refractivity contribution in [3.63, 3.8) is 0 Å². The normalized spacial score (nSPS) is 13.4. The Balaban J connectivity index is 1.96. The van der Waals surface area contributed by atoms with Crippen LogP contribution in [0.2, 0.25) is 0 Å². The van der Waals surface area contributed by atoms with Gasteiger partial charge in [0.2, 0.25) is 0 Å². The second kappa shape index (κ2) is 6.95. The molecule has 0 bridgehead atoms. The minimum atomic E-state index is 0.00611. The first-order valence-corrected chi connectivity index (χ1v) is 8.37. The number of carbonyl (C=O) groups excluding carboxylic acids is 1. The molecule has 4 nitrogen and oxygen atoms in total. The van der Waals surface area contributed by atoms with Crippen LogP contribution in [0.3, 0.4) is 0 Å². The van der Waals surface area contributed by atoms with E-state index in [9.17, 15) is 4.79 Å².